The number of thiophene rings is 1. The molecule has 8 nitrogen and oxygen atoms in total. The van der Waals surface area contributed by atoms with Crippen LogP contribution in [0.3, 0.4) is 0 Å². The minimum absolute atomic E-state index is 0.224. The maximum Gasteiger partial charge on any atom is 0.266 e. The lowest BCUT2D eigenvalue weighted by atomic mass is 10.1. The number of hydrogen-bond donors (Lipinski definition) is 1. The number of carbonyl (C=O) groups excluding carboxylic acids is 1. The van der Waals surface area contributed by atoms with Crippen molar-refractivity contribution in [1.29, 1.82) is 0 Å². The quantitative estimate of drug-likeness (QED) is 0.473. The molecule has 0 saturated heterocycles. The van der Waals surface area contributed by atoms with Crippen molar-refractivity contribution in [2.45, 2.75) is 27.3 Å². The number of rotatable bonds is 11. The Balaban J connectivity index is 1.73. The van der Waals surface area contributed by atoms with Gasteiger partial charge in [0.1, 0.15) is 5.69 Å². The average molecular weight is 458 g/mol. The minimum atomic E-state index is -0.308. The maximum absolute atomic E-state index is 12.8. The molecular formula is C23H27N3O5S. The molecular weight excluding hydrogens is 430 g/mol. The zero-order valence-corrected chi connectivity index (χ0v) is 19.2. The first-order valence-electron chi connectivity index (χ1n) is 10.5. The summed E-state index contributed by atoms with van der Waals surface area (Å²) in [5.74, 6) is 1.07. The second-order valence-corrected chi connectivity index (χ2v) is 7.56. The zero-order chi connectivity index (χ0) is 22.9. The van der Waals surface area contributed by atoms with E-state index in [9.17, 15) is 9.59 Å². The van der Waals surface area contributed by atoms with Crippen molar-refractivity contribution in [1.82, 2.24) is 15.1 Å². The number of amides is 1. The van der Waals surface area contributed by atoms with Gasteiger partial charge in [0.15, 0.2) is 11.5 Å². The fourth-order valence-electron chi connectivity index (χ4n) is 3.06. The average Bonchev–Trinajstić information content (AvgIpc) is 3.32. The molecule has 2 heterocycles. The largest absolute Gasteiger partial charge is 0.490 e. The summed E-state index contributed by atoms with van der Waals surface area (Å²) in [6, 6.07) is 10.3. The standard InChI is InChI=1S/C23H27N3O5S/c1-4-29-18-14-16(15-19(30-5-2)22(18)31-6-3)23(28)24-11-12-26-21(27)10-9-17(25-26)20-8-7-13-32-20/h7-10,13-15H,4-6,11-12H2,1-3H3,(H,24,28). The number of ether oxygens (including phenoxy) is 3. The Morgan fingerprint density at radius 3 is 2.31 bits per heavy atom. The van der Waals surface area contributed by atoms with Crippen LogP contribution < -0.4 is 25.1 Å². The highest BCUT2D eigenvalue weighted by Crippen LogP contribution is 2.39. The van der Waals surface area contributed by atoms with E-state index in [1.807, 2.05) is 38.3 Å². The van der Waals surface area contributed by atoms with Crippen LogP contribution in [-0.2, 0) is 6.54 Å². The third-order valence-electron chi connectivity index (χ3n) is 4.42. The van der Waals surface area contributed by atoms with Crippen molar-refractivity contribution >= 4 is 17.2 Å². The van der Waals surface area contributed by atoms with Crippen LogP contribution in [0.4, 0.5) is 0 Å². The van der Waals surface area contributed by atoms with Crippen molar-refractivity contribution in [3.05, 3.63) is 57.7 Å². The number of carbonyl (C=O) groups is 1. The molecule has 0 bridgehead atoms. The molecule has 0 radical (unpaired) electrons. The molecule has 9 heteroatoms. The molecule has 3 rings (SSSR count). The Morgan fingerprint density at radius 1 is 1.03 bits per heavy atom. The first-order chi connectivity index (χ1) is 15.6. The molecule has 1 amide bonds. The Morgan fingerprint density at radius 2 is 1.72 bits per heavy atom. The number of nitrogens with zero attached hydrogens (tertiary/aromatic N) is 2. The molecule has 170 valence electrons. The highest BCUT2D eigenvalue weighted by atomic mass is 32.1. The van der Waals surface area contributed by atoms with Gasteiger partial charge in [-0.1, -0.05) is 6.07 Å². The van der Waals surface area contributed by atoms with Crippen LogP contribution in [-0.4, -0.2) is 42.1 Å². The predicted octanol–water partition coefficient (Wildman–Crippen LogP) is 3.60. The second kappa shape index (κ2) is 11.3. The van der Waals surface area contributed by atoms with Gasteiger partial charge in [-0.3, -0.25) is 9.59 Å². The van der Waals surface area contributed by atoms with Gasteiger partial charge < -0.3 is 19.5 Å². The highest BCUT2D eigenvalue weighted by molar-refractivity contribution is 7.13. The second-order valence-electron chi connectivity index (χ2n) is 6.61. The van der Waals surface area contributed by atoms with E-state index in [0.29, 0.717) is 42.6 Å². The Labute approximate surface area is 190 Å². The first kappa shape index (κ1) is 23.3. The number of nitrogens with one attached hydrogen (secondary N) is 1. The SMILES string of the molecule is CCOc1cc(C(=O)NCCn2nc(-c3cccs3)ccc2=O)cc(OCC)c1OCC. The lowest BCUT2D eigenvalue weighted by Gasteiger charge is -2.17. The van der Waals surface area contributed by atoms with Crippen LogP contribution in [0, 0.1) is 0 Å². The fourth-order valence-corrected chi connectivity index (χ4v) is 3.75. The third kappa shape index (κ3) is 5.67. The number of aromatic nitrogens is 2. The first-order valence-corrected chi connectivity index (χ1v) is 11.4. The molecule has 1 aromatic carbocycles. The summed E-state index contributed by atoms with van der Waals surface area (Å²) in [5, 5.41) is 9.19. The van der Waals surface area contributed by atoms with Gasteiger partial charge in [-0.05, 0) is 50.4 Å². The van der Waals surface area contributed by atoms with Crippen LogP contribution >= 0.6 is 11.3 Å². The lowest BCUT2D eigenvalue weighted by molar-refractivity contribution is 0.0950. The fraction of sp³-hybridized carbons (Fsp3) is 0.348. The van der Waals surface area contributed by atoms with Crippen molar-refractivity contribution in [3.63, 3.8) is 0 Å². The van der Waals surface area contributed by atoms with Gasteiger partial charge in [0.05, 0.1) is 31.2 Å². The van der Waals surface area contributed by atoms with Crippen LogP contribution in [0.1, 0.15) is 31.1 Å². The third-order valence-corrected chi connectivity index (χ3v) is 5.31. The van der Waals surface area contributed by atoms with Crippen LogP contribution in [0.25, 0.3) is 10.6 Å². The number of hydrogen-bond acceptors (Lipinski definition) is 7. The van der Waals surface area contributed by atoms with Crippen molar-refractivity contribution < 1.29 is 19.0 Å². The van der Waals surface area contributed by atoms with E-state index in [0.717, 1.165) is 10.6 Å². The van der Waals surface area contributed by atoms with Gasteiger partial charge in [0.25, 0.3) is 11.5 Å². The zero-order valence-electron chi connectivity index (χ0n) is 18.4. The molecule has 1 N–H and O–H groups in total. The summed E-state index contributed by atoms with van der Waals surface area (Å²) in [6.45, 7) is 7.36. The normalized spacial score (nSPS) is 10.6. The molecule has 0 aliphatic rings. The molecule has 0 aliphatic heterocycles. The van der Waals surface area contributed by atoms with Crippen LogP contribution in [0.15, 0.2) is 46.6 Å². The van der Waals surface area contributed by atoms with Crippen LogP contribution in [0.5, 0.6) is 17.2 Å². The van der Waals surface area contributed by atoms with Gasteiger partial charge in [-0.2, -0.15) is 5.10 Å². The summed E-state index contributed by atoms with van der Waals surface area (Å²) < 4.78 is 18.4. The minimum Gasteiger partial charge on any atom is -0.490 e. The topological polar surface area (TPSA) is 91.7 Å². The Hall–Kier alpha value is -3.33. The summed E-state index contributed by atoms with van der Waals surface area (Å²) in [4.78, 5) is 25.9. The molecule has 2 aromatic heterocycles. The summed E-state index contributed by atoms with van der Waals surface area (Å²) in [6.07, 6.45) is 0. The van der Waals surface area contributed by atoms with E-state index in [2.05, 4.69) is 10.4 Å². The molecule has 0 unspecified atom stereocenters. The monoisotopic (exact) mass is 457 g/mol. The van der Waals surface area contributed by atoms with E-state index in [1.54, 1.807) is 29.5 Å². The number of benzene rings is 1. The highest BCUT2D eigenvalue weighted by Gasteiger charge is 2.18. The summed E-state index contributed by atoms with van der Waals surface area (Å²) in [7, 11) is 0. The molecule has 3 aromatic rings. The summed E-state index contributed by atoms with van der Waals surface area (Å²) in [5.41, 5.74) is 0.881. The van der Waals surface area contributed by atoms with Crippen LogP contribution in [0.2, 0.25) is 0 Å². The summed E-state index contributed by atoms with van der Waals surface area (Å²) >= 11 is 1.55. The molecule has 0 aliphatic carbocycles. The molecule has 0 fully saturated rings. The van der Waals surface area contributed by atoms with Gasteiger partial charge in [-0.15, -0.1) is 11.3 Å². The van der Waals surface area contributed by atoms with Crippen molar-refractivity contribution in [2.75, 3.05) is 26.4 Å². The lowest BCUT2D eigenvalue weighted by Crippen LogP contribution is -2.32. The van der Waals surface area contributed by atoms with E-state index >= 15 is 0 Å². The smallest absolute Gasteiger partial charge is 0.266 e. The van der Waals surface area contributed by atoms with E-state index in [1.165, 1.54) is 10.7 Å². The van der Waals surface area contributed by atoms with Gasteiger partial charge in [0, 0.05) is 18.2 Å². The molecule has 32 heavy (non-hydrogen) atoms. The molecule has 0 spiro atoms. The van der Waals surface area contributed by atoms with Gasteiger partial charge in [-0.25, -0.2) is 4.68 Å². The Kier molecular flexibility index (Phi) is 8.27. The van der Waals surface area contributed by atoms with Gasteiger partial charge >= 0.3 is 0 Å². The van der Waals surface area contributed by atoms with E-state index < -0.39 is 0 Å². The predicted molar refractivity (Wildman–Crippen MR) is 124 cm³/mol. The van der Waals surface area contributed by atoms with Crippen molar-refractivity contribution in [3.8, 4) is 27.8 Å². The van der Waals surface area contributed by atoms with Gasteiger partial charge in [0.2, 0.25) is 5.75 Å². The van der Waals surface area contributed by atoms with Crippen molar-refractivity contribution in [2.24, 2.45) is 0 Å². The van der Waals surface area contributed by atoms with E-state index in [-0.39, 0.29) is 24.6 Å². The maximum atomic E-state index is 12.8. The molecule has 0 saturated carbocycles. The Bertz CT molecular complexity index is 1070. The van der Waals surface area contributed by atoms with E-state index in [4.69, 9.17) is 14.2 Å². The molecule has 0 atom stereocenters.